The molecule has 0 spiro atoms. The first-order chi connectivity index (χ1) is 15.1. The van der Waals surface area contributed by atoms with Crippen molar-refractivity contribution in [3.05, 3.63) is 70.2 Å². The number of carbonyl (C=O) groups is 2. The molecular formula is C25H30BrN3O2. The van der Waals surface area contributed by atoms with Crippen molar-refractivity contribution < 1.29 is 9.59 Å². The normalized spacial score (nSPS) is 18.7. The highest BCUT2D eigenvalue weighted by molar-refractivity contribution is 9.10. The third kappa shape index (κ3) is 5.74. The number of nitrogens with zero attached hydrogens (tertiary/aromatic N) is 2. The van der Waals surface area contributed by atoms with Crippen LogP contribution in [0.4, 0.5) is 0 Å². The van der Waals surface area contributed by atoms with E-state index in [0.717, 1.165) is 67.5 Å². The summed E-state index contributed by atoms with van der Waals surface area (Å²) in [5.74, 6) is 0.407. The van der Waals surface area contributed by atoms with Crippen molar-refractivity contribution in [3.63, 3.8) is 0 Å². The van der Waals surface area contributed by atoms with Gasteiger partial charge in [-0.25, -0.2) is 0 Å². The summed E-state index contributed by atoms with van der Waals surface area (Å²) in [6, 6.07) is 18.2. The number of amides is 2. The van der Waals surface area contributed by atoms with Crippen molar-refractivity contribution in [1.82, 2.24) is 15.1 Å². The van der Waals surface area contributed by atoms with E-state index in [0.29, 0.717) is 12.6 Å². The van der Waals surface area contributed by atoms with Crippen LogP contribution in [0.5, 0.6) is 0 Å². The minimum absolute atomic E-state index is 0.109. The van der Waals surface area contributed by atoms with Crippen LogP contribution in [-0.2, 0) is 11.3 Å². The first kappa shape index (κ1) is 22.0. The zero-order valence-electron chi connectivity index (χ0n) is 17.8. The van der Waals surface area contributed by atoms with Gasteiger partial charge in [-0.15, -0.1) is 0 Å². The summed E-state index contributed by atoms with van der Waals surface area (Å²) in [5, 5.41) is 3.10. The summed E-state index contributed by atoms with van der Waals surface area (Å²) >= 11 is 3.45. The fourth-order valence-electron chi connectivity index (χ4n) is 4.69. The Morgan fingerprint density at radius 3 is 2.29 bits per heavy atom. The zero-order chi connectivity index (χ0) is 21.6. The van der Waals surface area contributed by atoms with Crippen LogP contribution in [0.15, 0.2) is 59.1 Å². The standard InChI is InChI=1S/C25H30BrN3O2/c26-22-8-4-7-21(17-22)25(31)29-15-11-23(12-16-29)28-13-9-20(10-14-28)24(30)27-18-19-5-2-1-3-6-19/h1-8,17,20,23H,9-16,18H2,(H,27,30). The summed E-state index contributed by atoms with van der Waals surface area (Å²) in [7, 11) is 0. The Morgan fingerprint density at radius 2 is 1.61 bits per heavy atom. The zero-order valence-corrected chi connectivity index (χ0v) is 19.4. The fraction of sp³-hybridized carbons (Fsp3) is 0.440. The van der Waals surface area contributed by atoms with Gasteiger partial charge in [0.05, 0.1) is 0 Å². The third-order valence-corrected chi connectivity index (χ3v) is 7.04. The Kier molecular flexibility index (Phi) is 7.41. The predicted molar refractivity (Wildman–Crippen MR) is 126 cm³/mol. The molecule has 2 fully saturated rings. The summed E-state index contributed by atoms with van der Waals surface area (Å²) in [5.41, 5.74) is 1.88. The molecule has 2 aliphatic heterocycles. The maximum absolute atomic E-state index is 12.8. The minimum Gasteiger partial charge on any atom is -0.352 e. The molecule has 0 bridgehead atoms. The van der Waals surface area contributed by atoms with E-state index in [-0.39, 0.29) is 17.7 Å². The molecule has 0 unspecified atom stereocenters. The van der Waals surface area contributed by atoms with E-state index in [2.05, 4.69) is 26.1 Å². The van der Waals surface area contributed by atoms with Crippen molar-refractivity contribution in [3.8, 4) is 0 Å². The highest BCUT2D eigenvalue weighted by Crippen LogP contribution is 2.25. The molecule has 2 heterocycles. The lowest BCUT2D eigenvalue weighted by Crippen LogP contribution is -2.50. The van der Waals surface area contributed by atoms with Gasteiger partial charge in [-0.3, -0.25) is 9.59 Å². The Bertz CT molecular complexity index is 889. The molecule has 1 N–H and O–H groups in total. The number of benzene rings is 2. The summed E-state index contributed by atoms with van der Waals surface area (Å²) in [4.78, 5) is 29.8. The van der Waals surface area contributed by atoms with Crippen molar-refractivity contribution in [1.29, 1.82) is 0 Å². The fourth-order valence-corrected chi connectivity index (χ4v) is 5.09. The smallest absolute Gasteiger partial charge is 0.253 e. The van der Waals surface area contributed by atoms with Gasteiger partial charge in [0.2, 0.25) is 5.91 Å². The lowest BCUT2D eigenvalue weighted by molar-refractivity contribution is -0.126. The lowest BCUT2D eigenvalue weighted by Gasteiger charge is -2.41. The molecule has 0 radical (unpaired) electrons. The van der Waals surface area contributed by atoms with Gasteiger partial charge in [0.15, 0.2) is 0 Å². The first-order valence-corrected chi connectivity index (χ1v) is 12.0. The van der Waals surface area contributed by atoms with Crippen molar-refractivity contribution in [2.24, 2.45) is 5.92 Å². The molecule has 2 aromatic carbocycles. The topological polar surface area (TPSA) is 52.7 Å². The second-order valence-corrected chi connectivity index (χ2v) is 9.46. The second kappa shape index (κ2) is 10.4. The van der Waals surface area contributed by atoms with Crippen LogP contribution >= 0.6 is 15.9 Å². The molecule has 2 amide bonds. The highest BCUT2D eigenvalue weighted by Gasteiger charge is 2.31. The Balaban J connectivity index is 1.20. The Labute approximate surface area is 192 Å². The number of halogens is 1. The van der Waals surface area contributed by atoms with Gasteiger partial charge in [0, 0.05) is 41.6 Å². The molecule has 0 saturated carbocycles. The molecule has 2 saturated heterocycles. The van der Waals surface area contributed by atoms with E-state index in [1.807, 2.05) is 59.5 Å². The number of carbonyl (C=O) groups excluding carboxylic acids is 2. The van der Waals surface area contributed by atoms with Gasteiger partial charge in [0.25, 0.3) is 5.91 Å². The molecule has 0 aromatic heterocycles. The third-order valence-electron chi connectivity index (χ3n) is 6.55. The molecule has 164 valence electrons. The second-order valence-electron chi connectivity index (χ2n) is 8.55. The summed E-state index contributed by atoms with van der Waals surface area (Å²) in [6.07, 6.45) is 3.84. The number of hydrogen-bond acceptors (Lipinski definition) is 3. The maximum Gasteiger partial charge on any atom is 0.253 e. The predicted octanol–water partition coefficient (Wildman–Crippen LogP) is 4.08. The van der Waals surface area contributed by atoms with Crippen LogP contribution in [-0.4, -0.2) is 53.8 Å². The molecule has 0 aliphatic carbocycles. The molecule has 4 rings (SSSR count). The van der Waals surface area contributed by atoms with Gasteiger partial charge in [-0.1, -0.05) is 52.3 Å². The van der Waals surface area contributed by atoms with Gasteiger partial charge in [-0.05, 0) is 62.5 Å². The first-order valence-electron chi connectivity index (χ1n) is 11.2. The van der Waals surface area contributed by atoms with Crippen LogP contribution in [0, 0.1) is 5.92 Å². The molecule has 2 aliphatic rings. The number of hydrogen-bond donors (Lipinski definition) is 1. The van der Waals surface area contributed by atoms with E-state index in [1.165, 1.54) is 0 Å². The van der Waals surface area contributed by atoms with Crippen LogP contribution < -0.4 is 5.32 Å². The molecule has 2 aromatic rings. The number of piperidine rings is 2. The van der Waals surface area contributed by atoms with Crippen molar-refractivity contribution >= 4 is 27.7 Å². The average Bonchev–Trinajstić information content (AvgIpc) is 2.83. The summed E-state index contributed by atoms with van der Waals surface area (Å²) in [6.45, 7) is 4.13. The molecule has 6 heteroatoms. The quantitative estimate of drug-likeness (QED) is 0.696. The van der Waals surface area contributed by atoms with Gasteiger partial charge in [0.1, 0.15) is 0 Å². The lowest BCUT2D eigenvalue weighted by atomic mass is 9.92. The van der Waals surface area contributed by atoms with Gasteiger partial charge in [-0.2, -0.15) is 0 Å². The van der Waals surface area contributed by atoms with Crippen LogP contribution in [0.1, 0.15) is 41.6 Å². The van der Waals surface area contributed by atoms with Crippen LogP contribution in [0.25, 0.3) is 0 Å². The average molecular weight is 484 g/mol. The van der Waals surface area contributed by atoms with Gasteiger partial charge < -0.3 is 15.1 Å². The minimum atomic E-state index is 0.109. The van der Waals surface area contributed by atoms with E-state index >= 15 is 0 Å². The SMILES string of the molecule is O=C(NCc1ccccc1)C1CCN(C2CCN(C(=O)c3cccc(Br)c3)CC2)CC1. The molecule has 0 atom stereocenters. The van der Waals surface area contributed by atoms with Gasteiger partial charge >= 0.3 is 0 Å². The van der Waals surface area contributed by atoms with Crippen molar-refractivity contribution in [2.45, 2.75) is 38.3 Å². The molecule has 5 nitrogen and oxygen atoms in total. The summed E-state index contributed by atoms with van der Waals surface area (Å²) < 4.78 is 0.934. The van der Waals surface area contributed by atoms with E-state index in [4.69, 9.17) is 0 Å². The number of likely N-dealkylation sites (tertiary alicyclic amines) is 2. The monoisotopic (exact) mass is 483 g/mol. The Hall–Kier alpha value is -2.18. The van der Waals surface area contributed by atoms with E-state index in [1.54, 1.807) is 0 Å². The number of rotatable bonds is 5. The van der Waals surface area contributed by atoms with Crippen molar-refractivity contribution in [2.75, 3.05) is 26.2 Å². The maximum atomic E-state index is 12.8. The largest absolute Gasteiger partial charge is 0.352 e. The highest BCUT2D eigenvalue weighted by atomic mass is 79.9. The molecular weight excluding hydrogens is 454 g/mol. The Morgan fingerprint density at radius 1 is 0.903 bits per heavy atom. The van der Waals surface area contributed by atoms with Crippen LogP contribution in [0.3, 0.4) is 0 Å². The van der Waals surface area contributed by atoms with Crippen LogP contribution in [0.2, 0.25) is 0 Å². The van der Waals surface area contributed by atoms with E-state index in [9.17, 15) is 9.59 Å². The number of nitrogens with one attached hydrogen (secondary N) is 1. The molecule has 31 heavy (non-hydrogen) atoms. The van der Waals surface area contributed by atoms with E-state index < -0.39 is 0 Å².